The molecule has 1 N–H and O–H groups in total. The SMILES string of the molecule is CCn1c(CN2CCc3nc(N4CCC(C)CC4)[nH]c(=O)c3C2)nc2ccccc21. The minimum absolute atomic E-state index is 0.0160. The summed E-state index contributed by atoms with van der Waals surface area (Å²) in [5.74, 6) is 2.57. The van der Waals surface area contributed by atoms with Crippen molar-refractivity contribution in [3.63, 3.8) is 0 Å². The molecule has 1 fully saturated rings. The zero-order valence-electron chi connectivity index (χ0n) is 17.9. The number of nitrogens with one attached hydrogen (secondary N) is 1. The summed E-state index contributed by atoms with van der Waals surface area (Å²) in [6, 6.07) is 8.28. The fraction of sp³-hybridized carbons (Fsp3) is 0.522. The molecule has 1 aromatic carbocycles. The number of fused-ring (bicyclic) bond motifs is 2. The van der Waals surface area contributed by atoms with Gasteiger partial charge in [0, 0.05) is 39.1 Å². The van der Waals surface area contributed by atoms with Gasteiger partial charge in [-0.15, -0.1) is 0 Å². The second kappa shape index (κ2) is 7.87. The Morgan fingerprint density at radius 1 is 1.13 bits per heavy atom. The van der Waals surface area contributed by atoms with E-state index in [-0.39, 0.29) is 5.56 Å². The van der Waals surface area contributed by atoms with Gasteiger partial charge >= 0.3 is 0 Å². The average Bonchev–Trinajstić information content (AvgIpc) is 3.11. The minimum atomic E-state index is 0.0160. The average molecular weight is 407 g/mol. The summed E-state index contributed by atoms with van der Waals surface area (Å²) < 4.78 is 2.27. The molecule has 0 radical (unpaired) electrons. The van der Waals surface area contributed by atoms with Crippen molar-refractivity contribution in [3.05, 3.63) is 51.7 Å². The molecule has 158 valence electrons. The second-order valence-corrected chi connectivity index (χ2v) is 8.71. The summed E-state index contributed by atoms with van der Waals surface area (Å²) in [6.07, 6.45) is 3.13. The lowest BCUT2D eigenvalue weighted by molar-refractivity contribution is 0.233. The molecule has 0 unspecified atom stereocenters. The number of rotatable bonds is 4. The maximum atomic E-state index is 12.9. The highest BCUT2D eigenvalue weighted by atomic mass is 16.1. The number of para-hydroxylation sites is 2. The lowest BCUT2D eigenvalue weighted by Gasteiger charge is -2.32. The van der Waals surface area contributed by atoms with Gasteiger partial charge < -0.3 is 9.47 Å². The number of benzene rings is 1. The van der Waals surface area contributed by atoms with Crippen molar-refractivity contribution < 1.29 is 0 Å². The molecule has 7 nitrogen and oxygen atoms in total. The molecule has 0 spiro atoms. The molecule has 1 saturated heterocycles. The highest BCUT2D eigenvalue weighted by Crippen LogP contribution is 2.23. The zero-order valence-corrected chi connectivity index (χ0v) is 17.9. The largest absolute Gasteiger partial charge is 0.342 e. The quantitative estimate of drug-likeness (QED) is 0.721. The first kappa shape index (κ1) is 19.3. The highest BCUT2D eigenvalue weighted by molar-refractivity contribution is 5.75. The van der Waals surface area contributed by atoms with Crippen molar-refractivity contribution in [3.8, 4) is 0 Å². The molecule has 0 bridgehead atoms. The van der Waals surface area contributed by atoms with Crippen molar-refractivity contribution in [2.75, 3.05) is 24.5 Å². The minimum Gasteiger partial charge on any atom is -0.342 e. The van der Waals surface area contributed by atoms with Crippen LogP contribution in [0.15, 0.2) is 29.1 Å². The highest BCUT2D eigenvalue weighted by Gasteiger charge is 2.25. The van der Waals surface area contributed by atoms with Crippen LogP contribution in [0.5, 0.6) is 0 Å². The van der Waals surface area contributed by atoms with E-state index in [9.17, 15) is 4.79 Å². The van der Waals surface area contributed by atoms with Gasteiger partial charge in [0.1, 0.15) is 5.82 Å². The number of hydrogen-bond acceptors (Lipinski definition) is 5. The molecule has 7 heteroatoms. The van der Waals surface area contributed by atoms with Crippen molar-refractivity contribution in [1.29, 1.82) is 0 Å². The standard InChI is InChI=1S/C23H30N6O/c1-3-29-20-7-5-4-6-19(20)24-21(29)15-27-11-10-18-17(14-27)22(30)26-23(25-18)28-12-8-16(2)9-13-28/h4-7,16H,3,8-15H2,1-2H3,(H,25,26,30). The third-order valence-corrected chi connectivity index (χ3v) is 6.63. The summed E-state index contributed by atoms with van der Waals surface area (Å²) in [6.45, 7) is 9.55. The number of aromatic nitrogens is 4. The van der Waals surface area contributed by atoms with Crippen LogP contribution < -0.4 is 10.5 Å². The Hall–Kier alpha value is -2.67. The first-order valence-corrected chi connectivity index (χ1v) is 11.2. The topological polar surface area (TPSA) is 70.1 Å². The van der Waals surface area contributed by atoms with E-state index in [4.69, 9.17) is 9.97 Å². The molecule has 0 amide bonds. The normalized spacial score (nSPS) is 18.1. The van der Waals surface area contributed by atoms with Crippen molar-refractivity contribution in [2.45, 2.75) is 52.7 Å². The molecule has 5 rings (SSSR count). The Morgan fingerprint density at radius 2 is 1.93 bits per heavy atom. The van der Waals surface area contributed by atoms with Crippen LogP contribution in [-0.4, -0.2) is 44.1 Å². The Balaban J connectivity index is 1.36. The number of H-pyrrole nitrogens is 1. The molecule has 2 aliphatic heterocycles. The van der Waals surface area contributed by atoms with Crippen LogP contribution in [0.25, 0.3) is 11.0 Å². The van der Waals surface area contributed by atoms with Crippen molar-refractivity contribution >= 4 is 17.0 Å². The molecule has 0 atom stereocenters. The number of nitrogens with zero attached hydrogens (tertiary/aromatic N) is 5. The van der Waals surface area contributed by atoms with Crippen molar-refractivity contribution in [1.82, 2.24) is 24.4 Å². The molecular weight excluding hydrogens is 376 g/mol. The Bertz CT molecular complexity index is 1110. The number of aromatic amines is 1. The monoisotopic (exact) mass is 406 g/mol. The van der Waals surface area contributed by atoms with Crippen LogP contribution >= 0.6 is 0 Å². The third-order valence-electron chi connectivity index (χ3n) is 6.63. The summed E-state index contributed by atoms with van der Waals surface area (Å²) in [5.41, 5.74) is 4.00. The van der Waals surface area contributed by atoms with E-state index in [0.717, 1.165) is 86.5 Å². The van der Waals surface area contributed by atoms with Crippen molar-refractivity contribution in [2.24, 2.45) is 5.92 Å². The predicted molar refractivity (Wildman–Crippen MR) is 119 cm³/mol. The van der Waals surface area contributed by atoms with Gasteiger partial charge in [-0.3, -0.25) is 14.7 Å². The predicted octanol–water partition coefficient (Wildman–Crippen LogP) is 2.93. The first-order valence-electron chi connectivity index (χ1n) is 11.2. The summed E-state index contributed by atoms with van der Waals surface area (Å²) in [7, 11) is 0. The van der Waals surface area contributed by atoms with Crippen LogP contribution in [0.4, 0.5) is 5.95 Å². The zero-order chi connectivity index (χ0) is 20.7. The van der Waals surface area contributed by atoms with E-state index >= 15 is 0 Å². The third kappa shape index (κ3) is 3.51. The molecule has 4 heterocycles. The van der Waals surface area contributed by atoms with Gasteiger partial charge in [-0.2, -0.15) is 0 Å². The van der Waals surface area contributed by atoms with E-state index < -0.39 is 0 Å². The molecule has 2 aliphatic rings. The van der Waals surface area contributed by atoms with Gasteiger partial charge in [0.2, 0.25) is 5.95 Å². The smallest absolute Gasteiger partial charge is 0.257 e. The maximum Gasteiger partial charge on any atom is 0.257 e. The van der Waals surface area contributed by atoms with E-state index in [1.165, 1.54) is 5.52 Å². The van der Waals surface area contributed by atoms with E-state index in [0.29, 0.717) is 6.54 Å². The molecule has 30 heavy (non-hydrogen) atoms. The van der Waals surface area contributed by atoms with E-state index in [1.807, 2.05) is 6.07 Å². The molecule has 0 aliphatic carbocycles. The van der Waals surface area contributed by atoms with Crippen LogP contribution in [0, 0.1) is 5.92 Å². The molecule has 2 aromatic heterocycles. The van der Waals surface area contributed by atoms with Gasteiger partial charge in [-0.1, -0.05) is 19.1 Å². The Kier molecular flexibility index (Phi) is 5.06. The second-order valence-electron chi connectivity index (χ2n) is 8.71. The van der Waals surface area contributed by atoms with Gasteiger partial charge in [-0.25, -0.2) is 9.97 Å². The molecule has 3 aromatic rings. The maximum absolute atomic E-state index is 12.9. The molecule has 0 saturated carbocycles. The lowest BCUT2D eigenvalue weighted by Crippen LogP contribution is -2.39. The van der Waals surface area contributed by atoms with Gasteiger partial charge in [-0.05, 0) is 37.8 Å². The number of anilines is 1. The first-order chi connectivity index (χ1) is 14.6. The van der Waals surface area contributed by atoms with Crippen LogP contribution in [-0.2, 0) is 26.1 Å². The van der Waals surface area contributed by atoms with Crippen LogP contribution in [0.2, 0.25) is 0 Å². The molecular formula is C23H30N6O. The van der Waals surface area contributed by atoms with Gasteiger partial charge in [0.15, 0.2) is 0 Å². The summed E-state index contributed by atoms with van der Waals surface area (Å²) in [4.78, 5) is 30.2. The van der Waals surface area contributed by atoms with Crippen LogP contribution in [0.1, 0.15) is 43.8 Å². The van der Waals surface area contributed by atoms with Gasteiger partial charge in [0.05, 0.1) is 28.8 Å². The summed E-state index contributed by atoms with van der Waals surface area (Å²) >= 11 is 0. The van der Waals surface area contributed by atoms with E-state index in [2.05, 4.69) is 51.4 Å². The Labute approximate surface area is 176 Å². The van der Waals surface area contributed by atoms with Crippen LogP contribution in [0.3, 0.4) is 0 Å². The number of piperidine rings is 1. The number of imidazole rings is 1. The fourth-order valence-corrected chi connectivity index (χ4v) is 4.77. The Morgan fingerprint density at radius 3 is 2.73 bits per heavy atom. The number of hydrogen-bond donors (Lipinski definition) is 1. The fourth-order valence-electron chi connectivity index (χ4n) is 4.77. The van der Waals surface area contributed by atoms with E-state index in [1.54, 1.807) is 0 Å². The number of aryl methyl sites for hydroxylation is 1. The van der Waals surface area contributed by atoms with Gasteiger partial charge in [0.25, 0.3) is 5.56 Å². The summed E-state index contributed by atoms with van der Waals surface area (Å²) in [5, 5.41) is 0. The lowest BCUT2D eigenvalue weighted by atomic mass is 9.99.